The molecule has 12 aromatic heterocycles. The maximum Gasteiger partial charge on any atom is 0.420 e. The van der Waals surface area contributed by atoms with E-state index in [0.717, 1.165) is 122 Å². The van der Waals surface area contributed by atoms with E-state index in [-0.39, 0.29) is 0 Å². The van der Waals surface area contributed by atoms with Gasteiger partial charge in [0.25, 0.3) is 0 Å². The highest BCUT2D eigenvalue weighted by Crippen LogP contribution is 2.46. The Kier molecular flexibility index (Phi) is 15.6. The lowest BCUT2D eigenvalue weighted by Crippen LogP contribution is -2.37. The summed E-state index contributed by atoms with van der Waals surface area (Å²) in [6.45, 7) is 5.54. The smallest absolute Gasteiger partial charge is 0.420 e. The minimum atomic E-state index is -0.691. The number of carbonyl (C=O) groups excluding carboxylic acids is 1. The summed E-state index contributed by atoms with van der Waals surface area (Å²) in [5.41, 5.74) is 13.0. The lowest BCUT2D eigenvalue weighted by Gasteiger charge is -2.38. The molecule has 418 valence electrons. The minimum absolute atomic E-state index is 0.456. The van der Waals surface area contributed by atoms with Crippen LogP contribution in [0.3, 0.4) is 0 Å². The molecule has 0 unspecified atom stereocenters. The first kappa shape index (κ1) is 56.2. The molecular formula is C69H49I3N12O2. The molecule has 12 heterocycles. The summed E-state index contributed by atoms with van der Waals surface area (Å²) in [6, 6.07) is 62.3. The third kappa shape index (κ3) is 10.9. The van der Waals surface area contributed by atoms with Crippen LogP contribution in [-0.4, -0.2) is 70.7 Å². The molecular weight excluding hydrogens is 1410 g/mol. The predicted octanol–water partition coefficient (Wildman–Crippen LogP) is 16.9. The van der Waals surface area contributed by atoms with Gasteiger partial charge < -0.3 is 14.3 Å². The van der Waals surface area contributed by atoms with E-state index in [4.69, 9.17) is 19.7 Å². The van der Waals surface area contributed by atoms with Crippen molar-refractivity contribution in [2.24, 2.45) is 0 Å². The van der Waals surface area contributed by atoms with Crippen LogP contribution in [0.25, 0.3) is 99.6 Å². The first-order chi connectivity index (χ1) is 41.9. The van der Waals surface area contributed by atoms with Gasteiger partial charge in [-0.2, -0.15) is 0 Å². The molecule has 17 heteroatoms. The topological polar surface area (TPSA) is 168 Å². The van der Waals surface area contributed by atoms with Gasteiger partial charge in [-0.1, -0.05) is 91.0 Å². The summed E-state index contributed by atoms with van der Waals surface area (Å²) in [4.78, 5) is 56.8. The van der Waals surface area contributed by atoms with Crippen molar-refractivity contribution in [3.05, 3.63) is 266 Å². The maximum atomic E-state index is 12.9. The van der Waals surface area contributed by atoms with E-state index in [0.29, 0.717) is 5.65 Å². The van der Waals surface area contributed by atoms with E-state index in [9.17, 15) is 4.79 Å². The van der Waals surface area contributed by atoms with Gasteiger partial charge >= 0.3 is 6.09 Å². The highest BCUT2D eigenvalue weighted by molar-refractivity contribution is 14.1. The lowest BCUT2D eigenvalue weighted by molar-refractivity contribution is 0.0550. The van der Waals surface area contributed by atoms with Gasteiger partial charge in [0.05, 0.1) is 33.6 Å². The number of halogens is 3. The Hall–Kier alpha value is -8.93. The maximum absolute atomic E-state index is 12.9. The highest BCUT2D eigenvalue weighted by atomic mass is 127. The van der Waals surface area contributed by atoms with E-state index in [1.165, 1.54) is 4.57 Å². The Morgan fingerprint density at radius 1 is 0.442 bits per heavy atom. The number of carbonyl (C=O) groups is 1. The molecule has 0 radical (unpaired) electrons. The van der Waals surface area contributed by atoms with Crippen LogP contribution >= 0.6 is 67.8 Å². The number of aromatic amines is 1. The second-order valence-corrected chi connectivity index (χ2v) is 24.4. The predicted molar refractivity (Wildman–Crippen MR) is 366 cm³/mol. The minimum Gasteiger partial charge on any atom is -0.443 e. The van der Waals surface area contributed by atoms with Crippen LogP contribution in [0.2, 0.25) is 0 Å². The number of benzene rings is 3. The molecule has 0 fully saturated rings. The molecule has 0 saturated carbocycles. The Morgan fingerprint density at radius 2 is 0.872 bits per heavy atom. The summed E-state index contributed by atoms with van der Waals surface area (Å²) in [5, 5.41) is 6.06. The number of aromatic nitrogens is 12. The van der Waals surface area contributed by atoms with Crippen molar-refractivity contribution >= 4 is 140 Å². The monoisotopic (exact) mass is 1460 g/mol. The van der Waals surface area contributed by atoms with Crippen LogP contribution in [0.15, 0.2) is 238 Å². The van der Waals surface area contributed by atoms with E-state index in [2.05, 4.69) is 229 Å². The first-order valence-electron chi connectivity index (χ1n) is 27.4. The van der Waals surface area contributed by atoms with Crippen molar-refractivity contribution in [1.82, 2.24) is 59.0 Å². The molecule has 0 saturated heterocycles. The summed E-state index contributed by atoms with van der Waals surface area (Å²) in [6.07, 6.45) is 15.8. The zero-order chi connectivity index (χ0) is 58.9. The van der Waals surface area contributed by atoms with Gasteiger partial charge in [-0.3, -0.25) is 29.9 Å². The fourth-order valence-corrected chi connectivity index (χ4v) is 12.5. The highest BCUT2D eigenvalue weighted by Gasteiger charge is 2.41. The number of hydrogen-bond donors (Lipinski definition) is 1. The Morgan fingerprint density at radius 3 is 1.37 bits per heavy atom. The normalized spacial score (nSPS) is 11.7. The number of rotatable bonds is 7. The molecule has 0 amide bonds. The van der Waals surface area contributed by atoms with Crippen LogP contribution in [0.5, 0.6) is 0 Å². The molecule has 15 aromatic rings. The molecule has 3 aromatic carbocycles. The van der Waals surface area contributed by atoms with Gasteiger partial charge in [0.15, 0.2) is 5.65 Å². The van der Waals surface area contributed by atoms with E-state index < -0.39 is 17.2 Å². The van der Waals surface area contributed by atoms with Crippen LogP contribution in [0.4, 0.5) is 4.79 Å². The third-order valence-electron chi connectivity index (χ3n) is 14.6. The molecule has 0 atom stereocenters. The number of hydrogen-bond acceptors (Lipinski definition) is 11. The third-order valence-corrected chi connectivity index (χ3v) is 16.4. The summed E-state index contributed by atoms with van der Waals surface area (Å²) in [5.74, 6) is 0. The molecule has 1 N–H and O–H groups in total. The van der Waals surface area contributed by atoms with E-state index in [1.54, 1.807) is 37.1 Å². The summed E-state index contributed by atoms with van der Waals surface area (Å²) in [7, 11) is 0. The van der Waals surface area contributed by atoms with Crippen LogP contribution in [0, 0.1) is 11.1 Å². The van der Waals surface area contributed by atoms with Crippen molar-refractivity contribution in [1.29, 1.82) is 0 Å². The lowest BCUT2D eigenvalue weighted by atomic mass is 9.76. The van der Waals surface area contributed by atoms with Gasteiger partial charge in [0.2, 0.25) is 0 Å². The largest absolute Gasteiger partial charge is 0.443 e. The molecule has 0 aliphatic rings. The zero-order valence-corrected chi connectivity index (χ0v) is 52.9. The van der Waals surface area contributed by atoms with Crippen LogP contribution < -0.4 is 0 Å². The van der Waals surface area contributed by atoms with Crippen molar-refractivity contribution in [3.63, 3.8) is 0 Å². The van der Waals surface area contributed by atoms with Crippen molar-refractivity contribution in [3.8, 4) is 33.8 Å². The number of H-pyrrole nitrogens is 1. The zero-order valence-electron chi connectivity index (χ0n) is 46.4. The summed E-state index contributed by atoms with van der Waals surface area (Å²) >= 11 is 6.63. The molecule has 0 aliphatic heterocycles. The number of nitrogens with one attached hydrogen (secondary N) is 1. The van der Waals surface area contributed by atoms with Gasteiger partial charge in [-0.15, -0.1) is 0 Å². The van der Waals surface area contributed by atoms with E-state index >= 15 is 0 Å². The molecule has 0 bridgehead atoms. The van der Waals surface area contributed by atoms with Gasteiger partial charge in [0, 0.05) is 105 Å². The van der Waals surface area contributed by atoms with Gasteiger partial charge in [0.1, 0.15) is 33.5 Å². The molecule has 15 rings (SSSR count). The fraction of sp³-hybridized carbons (Fsp3) is 0.0725. The second-order valence-electron chi connectivity index (χ2n) is 21.1. The van der Waals surface area contributed by atoms with Crippen LogP contribution in [-0.2, 0) is 10.3 Å². The second kappa shape index (κ2) is 23.8. The number of ether oxygens (including phenoxy) is 1. The average molecular weight is 1460 g/mol. The molecule has 86 heavy (non-hydrogen) atoms. The van der Waals surface area contributed by atoms with E-state index in [1.807, 2.05) is 100 Å². The van der Waals surface area contributed by atoms with Crippen molar-refractivity contribution < 1.29 is 9.53 Å². The number of pyridine rings is 9. The average Bonchev–Trinajstić information content (AvgIpc) is 1.46. The van der Waals surface area contributed by atoms with Crippen molar-refractivity contribution in [2.45, 2.75) is 31.9 Å². The Labute approximate surface area is 534 Å². The number of fused-ring (bicyclic) bond motifs is 9. The SMILES string of the molecule is CC(C)(C)OC(=O)n1c2ccncc2c2ccc(-c3ccnc(I)c3)nc21.Ic1cc(-c2ccc3c(n2)[nH]c2ccncc23)ccn1.Ic1cc(-c2ccc3c4cnccc4n(C(c4ccccc4)(c4ccccc4)c4ccccc4)c3n2)ccn1. The summed E-state index contributed by atoms with van der Waals surface area (Å²) < 4.78 is 12.3. The van der Waals surface area contributed by atoms with Crippen molar-refractivity contribution in [2.75, 3.05) is 0 Å². The van der Waals surface area contributed by atoms with Gasteiger partial charge in [-0.25, -0.2) is 24.3 Å². The molecule has 0 aliphatic carbocycles. The number of nitrogens with zero attached hydrogens (tertiary/aromatic N) is 11. The quantitative estimate of drug-likeness (QED) is 0.0916. The first-order valence-corrected chi connectivity index (χ1v) is 30.6. The molecule has 0 spiro atoms. The fourth-order valence-electron chi connectivity index (χ4n) is 11.0. The molecule has 14 nitrogen and oxygen atoms in total. The van der Waals surface area contributed by atoms with Crippen LogP contribution in [0.1, 0.15) is 37.5 Å². The Balaban J connectivity index is 0.000000127. The van der Waals surface area contributed by atoms with Gasteiger partial charge in [-0.05, 0) is 196 Å². The Bertz CT molecular complexity index is 4900. The standard InChI is InChI=1S/C34H23IN4.C20H17IN4O2.C15H9IN4/c35-32-22-24(18-21-37-32)30-17-16-28-29-23-36-20-19-31(29)39(33(28)38-30)34(25-10-4-1-5-11-25,26-12-6-2-7-13-26)27-14-8-3-9-15-27;1-20(2,3)27-19(26)25-16-7-8-22-11-14(16)13-4-5-15(24-18(13)25)12-6-9-23-17(21)10-12;16-14-7-9(3-6-18-14)12-2-1-10-11-8-17-5-4-13(11)20-15(10)19-12/h1-23H;4-11H,1-3H3;1-8H,(H,19,20).